The van der Waals surface area contributed by atoms with E-state index in [9.17, 15) is 19.5 Å². The third-order valence-electron chi connectivity index (χ3n) is 5.39. The number of hydrogen-bond donors (Lipinski definition) is 1. The Morgan fingerprint density at radius 2 is 1.63 bits per heavy atom. The minimum absolute atomic E-state index is 0.0838. The maximum absolute atomic E-state index is 13.3. The van der Waals surface area contributed by atoms with E-state index in [1.807, 2.05) is 63.2 Å². The van der Waals surface area contributed by atoms with Crippen molar-refractivity contribution < 1.29 is 19.5 Å². The molecule has 1 aliphatic heterocycles. The fraction of sp³-hybridized carbons (Fsp3) is 0.375. The molecule has 1 aliphatic rings. The van der Waals surface area contributed by atoms with Crippen molar-refractivity contribution in [3.8, 4) is 0 Å². The molecule has 0 bridgehead atoms. The molecule has 3 rings (SSSR count). The van der Waals surface area contributed by atoms with E-state index in [1.165, 1.54) is 4.90 Å². The second-order valence-electron chi connectivity index (χ2n) is 8.29. The molecular weight excluding hydrogens is 380 g/mol. The first kappa shape index (κ1) is 21.6. The highest BCUT2D eigenvalue weighted by atomic mass is 16.4. The molecule has 0 aromatic heterocycles. The van der Waals surface area contributed by atoms with Gasteiger partial charge in [-0.3, -0.25) is 4.79 Å². The zero-order valence-electron chi connectivity index (χ0n) is 17.6. The van der Waals surface area contributed by atoms with Crippen LogP contribution < -0.4 is 0 Å². The van der Waals surface area contributed by atoms with Gasteiger partial charge in [0.1, 0.15) is 12.1 Å². The number of amides is 3. The number of carbonyl (C=O) groups is 3. The number of imide groups is 1. The number of aryl methyl sites for hydroxylation is 1. The van der Waals surface area contributed by atoms with E-state index in [0.29, 0.717) is 6.42 Å². The molecule has 30 heavy (non-hydrogen) atoms. The average Bonchev–Trinajstić information content (AvgIpc) is 2.92. The molecule has 0 radical (unpaired) electrons. The first-order chi connectivity index (χ1) is 14.3. The van der Waals surface area contributed by atoms with Gasteiger partial charge in [0.05, 0.1) is 0 Å². The number of benzene rings is 2. The van der Waals surface area contributed by atoms with Gasteiger partial charge in [0.15, 0.2) is 0 Å². The Balaban J connectivity index is 1.91. The normalized spacial score (nSPS) is 17.7. The number of urea groups is 1. The number of rotatable bonds is 8. The maximum atomic E-state index is 13.3. The molecule has 2 aromatic carbocycles. The van der Waals surface area contributed by atoms with Crippen LogP contribution >= 0.6 is 0 Å². The van der Waals surface area contributed by atoms with Crippen LogP contribution in [0.4, 0.5) is 4.79 Å². The highest BCUT2D eigenvalue weighted by molar-refractivity contribution is 6.06. The fourth-order valence-electron chi connectivity index (χ4n) is 3.82. The molecule has 1 N–H and O–H groups in total. The van der Waals surface area contributed by atoms with Gasteiger partial charge in [-0.15, -0.1) is 0 Å². The molecule has 6 nitrogen and oxygen atoms in total. The lowest BCUT2D eigenvalue weighted by Crippen LogP contribution is -2.47. The largest absolute Gasteiger partial charge is 0.480 e. The summed E-state index contributed by atoms with van der Waals surface area (Å²) in [5.74, 6) is -1.42. The number of nitrogens with zero attached hydrogens (tertiary/aromatic N) is 2. The fourth-order valence-corrected chi connectivity index (χ4v) is 3.82. The zero-order chi connectivity index (χ0) is 21.8. The molecule has 2 aromatic rings. The number of carboxylic acids is 1. The van der Waals surface area contributed by atoms with Gasteiger partial charge in [-0.1, -0.05) is 74.0 Å². The summed E-state index contributed by atoms with van der Waals surface area (Å²) in [5, 5.41) is 9.84. The van der Waals surface area contributed by atoms with Gasteiger partial charge in [0.25, 0.3) is 5.91 Å². The van der Waals surface area contributed by atoms with Gasteiger partial charge in [-0.25, -0.2) is 14.5 Å². The van der Waals surface area contributed by atoms with Crippen LogP contribution in [-0.2, 0) is 22.6 Å². The van der Waals surface area contributed by atoms with Crippen LogP contribution in [-0.4, -0.2) is 44.9 Å². The zero-order valence-corrected chi connectivity index (χ0v) is 17.6. The number of aliphatic carboxylic acids is 1. The summed E-state index contributed by atoms with van der Waals surface area (Å²) in [5.41, 5.74) is 2.78. The lowest BCUT2D eigenvalue weighted by atomic mass is 10.0. The Morgan fingerprint density at radius 3 is 2.20 bits per heavy atom. The molecular formula is C24H28N2O4. The van der Waals surface area contributed by atoms with Crippen molar-refractivity contribution >= 4 is 17.9 Å². The quantitative estimate of drug-likeness (QED) is 0.673. The Labute approximate surface area is 177 Å². The van der Waals surface area contributed by atoms with Gasteiger partial charge in [-0.2, -0.15) is 0 Å². The number of hydrogen-bond acceptors (Lipinski definition) is 3. The second-order valence-corrected chi connectivity index (χ2v) is 8.29. The summed E-state index contributed by atoms with van der Waals surface area (Å²) in [7, 11) is 0. The van der Waals surface area contributed by atoms with Crippen LogP contribution in [0.5, 0.6) is 0 Å². The molecule has 0 saturated carbocycles. The standard InChI is InChI=1S/C24H28N2O4/c1-16(2)13-20-22(27)26(21(23(28)29)14-18-7-5-4-6-8-18)24(30)25(20)15-19-11-9-17(3)10-12-19/h4-12,16,20-21H,13-15H2,1-3H3,(H,28,29). The van der Waals surface area contributed by atoms with Crippen molar-refractivity contribution in [2.24, 2.45) is 5.92 Å². The van der Waals surface area contributed by atoms with E-state index < -0.39 is 30.0 Å². The summed E-state index contributed by atoms with van der Waals surface area (Å²) >= 11 is 0. The van der Waals surface area contributed by atoms with Crippen molar-refractivity contribution in [3.05, 3.63) is 71.3 Å². The van der Waals surface area contributed by atoms with Crippen LogP contribution in [0.3, 0.4) is 0 Å². The first-order valence-corrected chi connectivity index (χ1v) is 10.2. The Morgan fingerprint density at radius 1 is 1.00 bits per heavy atom. The lowest BCUT2D eigenvalue weighted by molar-refractivity contribution is -0.146. The Bertz CT molecular complexity index is 909. The van der Waals surface area contributed by atoms with Crippen molar-refractivity contribution in [3.63, 3.8) is 0 Å². The SMILES string of the molecule is Cc1ccc(CN2C(=O)N(C(Cc3ccccc3)C(=O)O)C(=O)C2CC(C)C)cc1. The third-order valence-corrected chi connectivity index (χ3v) is 5.39. The number of carboxylic acid groups (broad SMARTS) is 1. The highest BCUT2D eigenvalue weighted by Crippen LogP contribution is 2.28. The molecule has 1 saturated heterocycles. The van der Waals surface area contributed by atoms with Gasteiger partial charge >= 0.3 is 12.0 Å². The van der Waals surface area contributed by atoms with E-state index >= 15 is 0 Å². The van der Waals surface area contributed by atoms with Crippen molar-refractivity contribution in [1.29, 1.82) is 0 Å². The molecule has 2 atom stereocenters. The van der Waals surface area contributed by atoms with Crippen molar-refractivity contribution in [2.45, 2.75) is 52.2 Å². The van der Waals surface area contributed by atoms with Crippen LogP contribution in [0, 0.1) is 12.8 Å². The summed E-state index contributed by atoms with van der Waals surface area (Å²) in [6, 6.07) is 14.4. The summed E-state index contributed by atoms with van der Waals surface area (Å²) < 4.78 is 0. The number of carbonyl (C=O) groups excluding carboxylic acids is 2. The molecule has 158 valence electrons. The van der Waals surface area contributed by atoms with Gasteiger partial charge < -0.3 is 10.0 Å². The minimum atomic E-state index is -1.23. The monoisotopic (exact) mass is 408 g/mol. The van der Waals surface area contributed by atoms with Crippen molar-refractivity contribution in [1.82, 2.24) is 9.80 Å². The molecule has 0 aliphatic carbocycles. The minimum Gasteiger partial charge on any atom is -0.480 e. The van der Waals surface area contributed by atoms with Gasteiger partial charge in [0, 0.05) is 13.0 Å². The Kier molecular flexibility index (Phi) is 6.55. The highest BCUT2D eigenvalue weighted by Gasteiger charge is 2.49. The molecule has 1 heterocycles. The third kappa shape index (κ3) is 4.70. The second kappa shape index (κ2) is 9.11. The van der Waals surface area contributed by atoms with E-state index in [-0.39, 0.29) is 18.9 Å². The Hall–Kier alpha value is -3.15. The van der Waals surface area contributed by atoms with Crippen LogP contribution in [0.1, 0.15) is 37.0 Å². The predicted octanol–water partition coefficient (Wildman–Crippen LogP) is 3.87. The van der Waals surface area contributed by atoms with Crippen LogP contribution in [0.15, 0.2) is 54.6 Å². The smallest absolute Gasteiger partial charge is 0.328 e. The predicted molar refractivity (Wildman–Crippen MR) is 114 cm³/mol. The van der Waals surface area contributed by atoms with E-state index in [0.717, 1.165) is 21.6 Å². The molecule has 2 unspecified atom stereocenters. The first-order valence-electron chi connectivity index (χ1n) is 10.2. The lowest BCUT2D eigenvalue weighted by Gasteiger charge is -2.24. The van der Waals surface area contributed by atoms with Gasteiger partial charge in [0.2, 0.25) is 0 Å². The van der Waals surface area contributed by atoms with Gasteiger partial charge in [-0.05, 0) is 30.4 Å². The molecule has 1 fully saturated rings. The maximum Gasteiger partial charge on any atom is 0.328 e. The van der Waals surface area contributed by atoms with E-state index in [4.69, 9.17) is 0 Å². The molecule has 3 amide bonds. The molecule has 6 heteroatoms. The van der Waals surface area contributed by atoms with Crippen LogP contribution in [0.25, 0.3) is 0 Å². The summed E-state index contributed by atoms with van der Waals surface area (Å²) in [6.45, 7) is 6.24. The average molecular weight is 408 g/mol. The van der Waals surface area contributed by atoms with Crippen molar-refractivity contribution in [2.75, 3.05) is 0 Å². The topological polar surface area (TPSA) is 77.9 Å². The van der Waals surface area contributed by atoms with E-state index in [2.05, 4.69) is 0 Å². The summed E-state index contributed by atoms with van der Waals surface area (Å²) in [6.07, 6.45) is 0.574. The van der Waals surface area contributed by atoms with Crippen LogP contribution in [0.2, 0.25) is 0 Å². The summed E-state index contributed by atoms with van der Waals surface area (Å²) in [4.78, 5) is 41.1. The van der Waals surface area contributed by atoms with E-state index in [1.54, 1.807) is 12.1 Å². The molecule has 0 spiro atoms.